The largest absolute Gasteiger partial charge is 0.470 e. The van der Waals surface area contributed by atoms with Gasteiger partial charge < -0.3 is 26.0 Å². The van der Waals surface area contributed by atoms with Crippen LogP contribution >= 0.6 is 0 Å². The van der Waals surface area contributed by atoms with Gasteiger partial charge in [-0.3, -0.25) is 4.79 Å². The second kappa shape index (κ2) is 8.54. The van der Waals surface area contributed by atoms with Crippen molar-refractivity contribution in [1.29, 1.82) is 0 Å². The van der Waals surface area contributed by atoms with E-state index in [9.17, 15) is 22.8 Å². The molecule has 0 spiro atoms. The van der Waals surface area contributed by atoms with Gasteiger partial charge in [0.05, 0.1) is 5.56 Å². The Morgan fingerprint density at radius 3 is 2.38 bits per heavy atom. The molecule has 12 heteroatoms. The zero-order valence-electron chi connectivity index (χ0n) is 17.9. The van der Waals surface area contributed by atoms with Gasteiger partial charge in [0.25, 0.3) is 5.91 Å². The van der Waals surface area contributed by atoms with Crippen molar-refractivity contribution in [3.05, 3.63) is 60.4 Å². The predicted octanol–water partition coefficient (Wildman–Crippen LogP) is 4.99. The average molecular weight is 472 g/mol. The van der Waals surface area contributed by atoms with Crippen LogP contribution in [-0.4, -0.2) is 27.5 Å². The lowest BCUT2D eigenvalue weighted by Crippen LogP contribution is -2.46. The summed E-state index contributed by atoms with van der Waals surface area (Å²) in [6.45, 7) is 3.24. The van der Waals surface area contributed by atoms with Crippen LogP contribution in [0.2, 0.25) is 0 Å². The van der Waals surface area contributed by atoms with E-state index < -0.39 is 23.4 Å². The standard InChI is InChI=1S/C22H19F3N6O3/c1-21(2)19(32)31-18-16(34-21)17(26-11-27-18)28-13-6-8-14(9-7-13)29-20(33)30-15-5-3-4-12(10-15)22(23,24)25/h3-11H,1-2H3,(H2,29,30,33)(H2,26,27,28,31,32). The van der Waals surface area contributed by atoms with Gasteiger partial charge in [0.15, 0.2) is 17.2 Å². The van der Waals surface area contributed by atoms with E-state index >= 15 is 0 Å². The van der Waals surface area contributed by atoms with Gasteiger partial charge in [0.2, 0.25) is 5.75 Å². The highest BCUT2D eigenvalue weighted by molar-refractivity contribution is 6.01. The van der Waals surface area contributed by atoms with Crippen molar-refractivity contribution in [3.8, 4) is 5.75 Å². The summed E-state index contributed by atoms with van der Waals surface area (Å²) >= 11 is 0. The highest BCUT2D eigenvalue weighted by Crippen LogP contribution is 2.38. The van der Waals surface area contributed by atoms with Crippen LogP contribution in [0.15, 0.2) is 54.9 Å². The van der Waals surface area contributed by atoms with E-state index in [1.807, 2.05) is 0 Å². The monoisotopic (exact) mass is 472 g/mol. The van der Waals surface area contributed by atoms with E-state index in [1.54, 1.807) is 38.1 Å². The summed E-state index contributed by atoms with van der Waals surface area (Å²) in [6, 6.07) is 10.1. The number of fused-ring (bicyclic) bond motifs is 1. The predicted molar refractivity (Wildman–Crippen MR) is 119 cm³/mol. The molecule has 34 heavy (non-hydrogen) atoms. The lowest BCUT2D eigenvalue weighted by atomic mass is 10.1. The van der Waals surface area contributed by atoms with Crippen LogP contribution in [0.3, 0.4) is 0 Å². The first-order chi connectivity index (χ1) is 16.0. The third kappa shape index (κ3) is 5.00. The van der Waals surface area contributed by atoms with Gasteiger partial charge in [-0.05, 0) is 56.3 Å². The topological polar surface area (TPSA) is 117 Å². The Hall–Kier alpha value is -4.35. The van der Waals surface area contributed by atoms with Gasteiger partial charge >= 0.3 is 12.2 Å². The Morgan fingerprint density at radius 1 is 1.00 bits per heavy atom. The summed E-state index contributed by atoms with van der Waals surface area (Å²) in [5.74, 6) is 0.533. The zero-order valence-corrected chi connectivity index (χ0v) is 17.9. The van der Waals surface area contributed by atoms with Crippen LogP contribution in [-0.2, 0) is 11.0 Å². The first kappa shape index (κ1) is 22.8. The fourth-order valence-corrected chi connectivity index (χ4v) is 3.05. The van der Waals surface area contributed by atoms with Crippen LogP contribution in [0, 0.1) is 0 Å². The molecule has 0 bridgehead atoms. The number of rotatable bonds is 4. The molecule has 1 aliphatic rings. The summed E-state index contributed by atoms with van der Waals surface area (Å²) in [7, 11) is 0. The number of urea groups is 1. The van der Waals surface area contributed by atoms with Gasteiger partial charge in [-0.2, -0.15) is 13.2 Å². The van der Waals surface area contributed by atoms with E-state index in [0.717, 1.165) is 12.1 Å². The molecule has 2 heterocycles. The summed E-state index contributed by atoms with van der Waals surface area (Å²) in [4.78, 5) is 32.4. The van der Waals surface area contributed by atoms with Gasteiger partial charge in [-0.15, -0.1) is 0 Å². The summed E-state index contributed by atoms with van der Waals surface area (Å²) in [5.41, 5.74) is -0.948. The second-order valence-electron chi connectivity index (χ2n) is 7.83. The maximum Gasteiger partial charge on any atom is 0.416 e. The molecule has 0 unspecified atom stereocenters. The van der Waals surface area contributed by atoms with E-state index in [2.05, 4.69) is 31.2 Å². The normalized spacial score (nSPS) is 14.3. The molecule has 1 aromatic heterocycles. The number of nitrogens with zero attached hydrogens (tertiary/aromatic N) is 2. The molecule has 176 valence electrons. The fourth-order valence-electron chi connectivity index (χ4n) is 3.05. The number of anilines is 5. The second-order valence-corrected chi connectivity index (χ2v) is 7.83. The molecule has 0 saturated heterocycles. The smallest absolute Gasteiger partial charge is 0.416 e. The number of hydrogen-bond donors (Lipinski definition) is 4. The lowest BCUT2D eigenvalue weighted by molar-refractivity contribution is -0.137. The third-order valence-electron chi connectivity index (χ3n) is 4.79. The molecular weight excluding hydrogens is 453 g/mol. The molecule has 0 aliphatic carbocycles. The number of hydrogen-bond acceptors (Lipinski definition) is 6. The number of carbonyl (C=O) groups is 2. The first-order valence-corrected chi connectivity index (χ1v) is 9.99. The third-order valence-corrected chi connectivity index (χ3v) is 4.79. The number of nitrogens with one attached hydrogen (secondary N) is 4. The summed E-state index contributed by atoms with van der Waals surface area (Å²) in [6.07, 6.45) is -3.23. The number of halogens is 3. The van der Waals surface area contributed by atoms with Crippen LogP contribution in [0.4, 0.5) is 46.7 Å². The summed E-state index contributed by atoms with van der Waals surface area (Å²) in [5, 5.41) is 10.6. The maximum atomic E-state index is 12.8. The Morgan fingerprint density at radius 2 is 1.68 bits per heavy atom. The number of amides is 3. The Kier molecular flexibility index (Phi) is 5.73. The van der Waals surface area contributed by atoms with Crippen LogP contribution < -0.4 is 26.0 Å². The van der Waals surface area contributed by atoms with Crippen molar-refractivity contribution in [3.63, 3.8) is 0 Å². The highest BCUT2D eigenvalue weighted by Gasteiger charge is 2.37. The Balaban J connectivity index is 1.42. The number of aromatic nitrogens is 2. The number of ether oxygens (including phenoxy) is 1. The average Bonchev–Trinajstić information content (AvgIpc) is 2.76. The molecule has 0 atom stereocenters. The van der Waals surface area contributed by atoms with Crippen molar-refractivity contribution in [2.75, 3.05) is 21.3 Å². The minimum atomic E-state index is -4.51. The fraction of sp³-hybridized carbons (Fsp3) is 0.182. The van der Waals surface area contributed by atoms with E-state index in [0.29, 0.717) is 17.2 Å². The molecule has 1 aliphatic heterocycles. The van der Waals surface area contributed by atoms with Gasteiger partial charge in [0, 0.05) is 17.1 Å². The Labute approximate surface area is 191 Å². The van der Waals surface area contributed by atoms with E-state index in [1.165, 1.54) is 18.5 Å². The minimum absolute atomic E-state index is 0.00848. The lowest BCUT2D eigenvalue weighted by Gasteiger charge is -2.31. The Bertz CT molecular complexity index is 1250. The molecule has 4 rings (SSSR count). The van der Waals surface area contributed by atoms with Crippen molar-refractivity contribution in [2.45, 2.75) is 25.6 Å². The minimum Gasteiger partial charge on any atom is -0.470 e. The molecule has 3 aromatic rings. The van der Waals surface area contributed by atoms with Crippen molar-refractivity contribution < 1.29 is 27.5 Å². The number of alkyl halides is 3. The SMILES string of the molecule is CC1(C)Oc2c(ncnc2Nc2ccc(NC(=O)Nc3cccc(C(F)(F)F)c3)cc2)NC1=O. The van der Waals surface area contributed by atoms with Gasteiger partial charge in [-0.1, -0.05) is 6.07 Å². The molecule has 0 saturated carbocycles. The number of benzene rings is 2. The quantitative estimate of drug-likeness (QED) is 0.425. The maximum absolute atomic E-state index is 12.8. The zero-order chi connectivity index (χ0) is 24.5. The van der Waals surface area contributed by atoms with E-state index in [-0.39, 0.29) is 23.2 Å². The molecule has 4 N–H and O–H groups in total. The first-order valence-electron chi connectivity index (χ1n) is 9.99. The molecule has 0 radical (unpaired) electrons. The van der Waals surface area contributed by atoms with Crippen LogP contribution in [0.1, 0.15) is 19.4 Å². The molecule has 0 fully saturated rings. The molecule has 2 aromatic carbocycles. The van der Waals surface area contributed by atoms with Gasteiger partial charge in [0.1, 0.15) is 6.33 Å². The van der Waals surface area contributed by atoms with Crippen molar-refractivity contribution >= 4 is 40.6 Å². The van der Waals surface area contributed by atoms with Gasteiger partial charge in [-0.25, -0.2) is 14.8 Å². The molecule has 9 nitrogen and oxygen atoms in total. The van der Waals surface area contributed by atoms with E-state index in [4.69, 9.17) is 4.74 Å². The van der Waals surface area contributed by atoms with Crippen LogP contribution in [0.5, 0.6) is 5.75 Å². The molecular formula is C22H19F3N6O3. The number of carbonyl (C=O) groups excluding carboxylic acids is 2. The van der Waals surface area contributed by atoms with Crippen LogP contribution in [0.25, 0.3) is 0 Å². The summed E-state index contributed by atoms with van der Waals surface area (Å²) < 4.78 is 44.2. The highest BCUT2D eigenvalue weighted by atomic mass is 19.4. The molecule has 3 amide bonds. The van der Waals surface area contributed by atoms with Crippen molar-refractivity contribution in [1.82, 2.24) is 9.97 Å². The van der Waals surface area contributed by atoms with Crippen molar-refractivity contribution in [2.24, 2.45) is 0 Å².